The van der Waals surface area contributed by atoms with Gasteiger partial charge in [-0.3, -0.25) is 4.79 Å². The van der Waals surface area contributed by atoms with Crippen LogP contribution in [0.15, 0.2) is 36.4 Å². The van der Waals surface area contributed by atoms with Crippen LogP contribution in [0, 0.1) is 18.6 Å². The number of hydrogen-bond donors (Lipinski definition) is 1. The Balaban J connectivity index is 1.94. The molecule has 0 saturated carbocycles. The number of amides is 1. The molecule has 2 rings (SSSR count). The predicted octanol–water partition coefficient (Wildman–Crippen LogP) is 3.72. The third kappa shape index (κ3) is 4.50. The van der Waals surface area contributed by atoms with E-state index in [1.807, 2.05) is 0 Å². The van der Waals surface area contributed by atoms with E-state index in [0.29, 0.717) is 5.56 Å². The van der Waals surface area contributed by atoms with E-state index in [4.69, 9.17) is 11.6 Å². The second-order valence-corrected chi connectivity index (χ2v) is 5.17. The fourth-order valence-electron chi connectivity index (χ4n) is 1.77. The number of benzene rings is 2. The van der Waals surface area contributed by atoms with Crippen molar-refractivity contribution in [2.75, 3.05) is 11.9 Å². The van der Waals surface area contributed by atoms with E-state index < -0.39 is 30.1 Å². The molecule has 0 aromatic heterocycles. The van der Waals surface area contributed by atoms with Crippen molar-refractivity contribution in [2.45, 2.75) is 6.92 Å². The number of carbonyl (C=O) groups excluding carboxylic acids is 2. The maximum atomic E-state index is 13.6. The Morgan fingerprint density at radius 2 is 1.87 bits per heavy atom. The quantitative estimate of drug-likeness (QED) is 0.864. The van der Waals surface area contributed by atoms with E-state index >= 15 is 0 Å². The summed E-state index contributed by atoms with van der Waals surface area (Å²) in [7, 11) is 0. The Labute approximate surface area is 136 Å². The van der Waals surface area contributed by atoms with Crippen LogP contribution in [0.5, 0.6) is 0 Å². The van der Waals surface area contributed by atoms with Crippen LogP contribution in [-0.4, -0.2) is 18.5 Å². The molecule has 4 nitrogen and oxygen atoms in total. The summed E-state index contributed by atoms with van der Waals surface area (Å²) in [5.41, 5.74) is 0.322. The Kier molecular flexibility index (Phi) is 5.28. The first-order valence-corrected chi connectivity index (χ1v) is 6.93. The molecule has 7 heteroatoms. The number of hydrogen-bond acceptors (Lipinski definition) is 3. The highest BCUT2D eigenvalue weighted by atomic mass is 35.5. The van der Waals surface area contributed by atoms with Crippen LogP contribution in [0.3, 0.4) is 0 Å². The second kappa shape index (κ2) is 7.19. The van der Waals surface area contributed by atoms with Gasteiger partial charge in [0.2, 0.25) is 0 Å². The van der Waals surface area contributed by atoms with Crippen molar-refractivity contribution in [2.24, 2.45) is 0 Å². The molecular formula is C16H12ClF2NO3. The van der Waals surface area contributed by atoms with Gasteiger partial charge in [0.05, 0.1) is 11.3 Å². The molecule has 0 heterocycles. The summed E-state index contributed by atoms with van der Waals surface area (Å²) in [4.78, 5) is 23.3. The SMILES string of the molecule is Cc1ccc(NC(=O)COC(=O)c2ccc(Cl)cc2F)c(F)c1. The number of anilines is 1. The van der Waals surface area contributed by atoms with Gasteiger partial charge in [-0.25, -0.2) is 13.6 Å². The first kappa shape index (κ1) is 16.9. The summed E-state index contributed by atoms with van der Waals surface area (Å²) in [5.74, 6) is -3.21. The van der Waals surface area contributed by atoms with Gasteiger partial charge in [0.25, 0.3) is 5.91 Å². The van der Waals surface area contributed by atoms with Gasteiger partial charge in [0, 0.05) is 5.02 Å². The number of rotatable bonds is 4. The van der Waals surface area contributed by atoms with Crippen molar-refractivity contribution in [3.8, 4) is 0 Å². The van der Waals surface area contributed by atoms with Crippen LogP contribution < -0.4 is 5.32 Å². The molecule has 0 spiro atoms. The molecule has 0 aliphatic rings. The standard InChI is InChI=1S/C16H12ClF2NO3/c1-9-2-5-14(13(19)6-9)20-15(21)8-23-16(22)11-4-3-10(17)7-12(11)18/h2-7H,8H2,1H3,(H,20,21). The molecule has 0 atom stereocenters. The van der Waals surface area contributed by atoms with Gasteiger partial charge >= 0.3 is 5.97 Å². The minimum Gasteiger partial charge on any atom is -0.452 e. The molecule has 0 aliphatic heterocycles. The lowest BCUT2D eigenvalue weighted by atomic mass is 10.2. The van der Waals surface area contributed by atoms with Crippen LogP contribution in [-0.2, 0) is 9.53 Å². The lowest BCUT2D eigenvalue weighted by Gasteiger charge is -2.08. The van der Waals surface area contributed by atoms with E-state index in [9.17, 15) is 18.4 Å². The molecule has 1 N–H and O–H groups in total. The Bertz CT molecular complexity index is 765. The first-order valence-electron chi connectivity index (χ1n) is 6.55. The topological polar surface area (TPSA) is 55.4 Å². The monoisotopic (exact) mass is 339 g/mol. The minimum atomic E-state index is -1.02. The Morgan fingerprint density at radius 1 is 1.13 bits per heavy atom. The van der Waals surface area contributed by atoms with E-state index in [1.54, 1.807) is 13.0 Å². The van der Waals surface area contributed by atoms with E-state index in [-0.39, 0.29) is 16.3 Å². The summed E-state index contributed by atoms with van der Waals surface area (Å²) in [6.07, 6.45) is 0. The van der Waals surface area contributed by atoms with Crippen molar-refractivity contribution in [3.05, 3.63) is 64.2 Å². The van der Waals surface area contributed by atoms with Gasteiger partial charge in [-0.15, -0.1) is 0 Å². The fraction of sp³-hybridized carbons (Fsp3) is 0.125. The number of aryl methyl sites for hydroxylation is 1. The Hall–Kier alpha value is -2.47. The molecule has 23 heavy (non-hydrogen) atoms. The largest absolute Gasteiger partial charge is 0.452 e. The van der Waals surface area contributed by atoms with Crippen LogP contribution >= 0.6 is 11.6 Å². The summed E-state index contributed by atoms with van der Waals surface area (Å²) >= 11 is 5.57. The average Bonchev–Trinajstić information content (AvgIpc) is 2.48. The molecule has 1 amide bonds. The summed E-state index contributed by atoms with van der Waals surface area (Å²) in [6.45, 7) is 1.03. The normalized spacial score (nSPS) is 10.3. The van der Waals surface area contributed by atoms with Gasteiger partial charge in [-0.2, -0.15) is 0 Å². The van der Waals surface area contributed by atoms with E-state index in [2.05, 4.69) is 10.1 Å². The second-order valence-electron chi connectivity index (χ2n) is 4.73. The van der Waals surface area contributed by atoms with Gasteiger partial charge in [0.15, 0.2) is 6.61 Å². The average molecular weight is 340 g/mol. The van der Waals surface area contributed by atoms with Gasteiger partial charge < -0.3 is 10.1 Å². The minimum absolute atomic E-state index is 0.0330. The Morgan fingerprint density at radius 3 is 2.52 bits per heavy atom. The van der Waals surface area contributed by atoms with Crippen molar-refractivity contribution in [3.63, 3.8) is 0 Å². The van der Waals surface area contributed by atoms with Crippen LogP contribution in [0.2, 0.25) is 5.02 Å². The van der Waals surface area contributed by atoms with Crippen molar-refractivity contribution < 1.29 is 23.1 Å². The molecule has 0 aliphatic carbocycles. The molecule has 0 unspecified atom stereocenters. The maximum absolute atomic E-state index is 13.6. The zero-order valence-corrected chi connectivity index (χ0v) is 12.8. The number of ether oxygens (including phenoxy) is 1. The number of halogens is 3. The molecule has 0 bridgehead atoms. The summed E-state index contributed by atoms with van der Waals surface area (Å²) in [6, 6.07) is 7.70. The van der Waals surface area contributed by atoms with Gasteiger partial charge in [0.1, 0.15) is 11.6 Å². The van der Waals surface area contributed by atoms with E-state index in [0.717, 1.165) is 12.1 Å². The van der Waals surface area contributed by atoms with Crippen molar-refractivity contribution in [1.82, 2.24) is 0 Å². The van der Waals surface area contributed by atoms with Crippen LogP contribution in [0.1, 0.15) is 15.9 Å². The lowest BCUT2D eigenvalue weighted by Crippen LogP contribution is -2.21. The zero-order valence-electron chi connectivity index (χ0n) is 12.0. The number of esters is 1. The number of nitrogens with one attached hydrogen (secondary N) is 1. The molecular weight excluding hydrogens is 328 g/mol. The molecule has 2 aromatic rings. The molecule has 0 fully saturated rings. The van der Waals surface area contributed by atoms with Crippen molar-refractivity contribution in [1.29, 1.82) is 0 Å². The third-order valence-electron chi connectivity index (χ3n) is 2.88. The number of carbonyl (C=O) groups is 2. The summed E-state index contributed by atoms with van der Waals surface area (Å²) < 4.78 is 31.8. The highest BCUT2D eigenvalue weighted by molar-refractivity contribution is 6.30. The highest BCUT2D eigenvalue weighted by Gasteiger charge is 2.15. The zero-order chi connectivity index (χ0) is 17.0. The van der Waals surface area contributed by atoms with Gasteiger partial charge in [-0.1, -0.05) is 17.7 Å². The molecule has 0 radical (unpaired) electrons. The predicted molar refractivity (Wildman–Crippen MR) is 81.5 cm³/mol. The van der Waals surface area contributed by atoms with Crippen LogP contribution in [0.4, 0.5) is 14.5 Å². The molecule has 120 valence electrons. The maximum Gasteiger partial charge on any atom is 0.341 e. The first-order chi connectivity index (χ1) is 10.9. The van der Waals surface area contributed by atoms with Gasteiger partial charge in [-0.05, 0) is 42.8 Å². The fourth-order valence-corrected chi connectivity index (χ4v) is 1.93. The van der Waals surface area contributed by atoms with E-state index in [1.165, 1.54) is 18.2 Å². The third-order valence-corrected chi connectivity index (χ3v) is 3.12. The summed E-state index contributed by atoms with van der Waals surface area (Å²) in [5, 5.41) is 2.39. The molecule has 0 saturated heterocycles. The van der Waals surface area contributed by atoms with Crippen molar-refractivity contribution >= 4 is 29.2 Å². The smallest absolute Gasteiger partial charge is 0.341 e. The highest BCUT2D eigenvalue weighted by Crippen LogP contribution is 2.16. The lowest BCUT2D eigenvalue weighted by molar-refractivity contribution is -0.119. The molecule has 2 aromatic carbocycles. The van der Waals surface area contributed by atoms with Crippen LogP contribution in [0.25, 0.3) is 0 Å².